The Bertz CT molecular complexity index is 1530. The highest BCUT2D eigenvalue weighted by Crippen LogP contribution is 2.39. The second-order valence-corrected chi connectivity index (χ2v) is 10.1. The van der Waals surface area contributed by atoms with Gasteiger partial charge in [-0.15, -0.1) is 0 Å². The van der Waals surface area contributed by atoms with Gasteiger partial charge in [-0.05, 0) is 50.6 Å². The van der Waals surface area contributed by atoms with E-state index >= 15 is 0 Å². The number of aromatic nitrogens is 2. The summed E-state index contributed by atoms with van der Waals surface area (Å²) in [6, 6.07) is 9.31. The molecule has 4 heterocycles. The van der Waals surface area contributed by atoms with E-state index in [4.69, 9.17) is 8.83 Å². The Morgan fingerprint density at radius 3 is 2.55 bits per heavy atom. The van der Waals surface area contributed by atoms with Crippen LogP contribution in [0.3, 0.4) is 0 Å². The first-order chi connectivity index (χ1) is 18.2. The van der Waals surface area contributed by atoms with Gasteiger partial charge in [0.15, 0.2) is 6.39 Å². The summed E-state index contributed by atoms with van der Waals surface area (Å²) >= 11 is 0. The summed E-state index contributed by atoms with van der Waals surface area (Å²) in [5.41, 5.74) is 1.66. The van der Waals surface area contributed by atoms with Crippen molar-refractivity contribution in [3.8, 4) is 0 Å². The predicted molar refractivity (Wildman–Crippen MR) is 143 cm³/mol. The number of anilines is 2. The molecular weight excluding hydrogens is 486 g/mol. The van der Waals surface area contributed by atoms with Crippen LogP contribution in [0.15, 0.2) is 69.0 Å². The van der Waals surface area contributed by atoms with Gasteiger partial charge in [-0.3, -0.25) is 19.3 Å². The molecule has 0 atom stereocenters. The molecule has 0 unspecified atom stereocenters. The van der Waals surface area contributed by atoms with E-state index in [-0.39, 0.29) is 17.4 Å². The van der Waals surface area contributed by atoms with Gasteiger partial charge in [0.1, 0.15) is 16.8 Å². The van der Waals surface area contributed by atoms with Gasteiger partial charge in [0, 0.05) is 39.4 Å². The molecule has 0 saturated carbocycles. The molecule has 2 amide bonds. The van der Waals surface area contributed by atoms with Gasteiger partial charge in [-0.25, -0.2) is 4.98 Å². The Morgan fingerprint density at radius 2 is 1.82 bits per heavy atom. The Hall–Kier alpha value is -4.18. The lowest BCUT2D eigenvalue weighted by atomic mass is 9.90. The first-order valence-corrected chi connectivity index (χ1v) is 12.6. The van der Waals surface area contributed by atoms with Crippen LogP contribution in [0.2, 0.25) is 0 Å². The number of oxazole rings is 1. The standard InChI is InChI=1S/C28H31N5O5/c1-5-33-22-7-6-19(14-23(22)30(4)26(35)28(2,3)27(33)36)16-31(17-20-15-29-18-38-20)11-12-32-10-8-24-21(25(32)34)9-13-37-24/h6-10,13-15,18H,5,11-12,16-17H2,1-4H3. The summed E-state index contributed by atoms with van der Waals surface area (Å²) in [6.45, 7) is 7.75. The largest absolute Gasteiger partial charge is 0.464 e. The lowest BCUT2D eigenvalue weighted by Crippen LogP contribution is -2.47. The van der Waals surface area contributed by atoms with Crippen molar-refractivity contribution in [3.63, 3.8) is 0 Å². The normalized spacial score (nSPS) is 15.4. The van der Waals surface area contributed by atoms with E-state index in [1.807, 2.05) is 25.1 Å². The molecule has 1 aliphatic rings. The fourth-order valence-electron chi connectivity index (χ4n) is 4.99. The Morgan fingerprint density at radius 1 is 1.00 bits per heavy atom. The summed E-state index contributed by atoms with van der Waals surface area (Å²) in [5.74, 6) is 0.244. The maximum Gasteiger partial charge on any atom is 0.261 e. The zero-order valence-corrected chi connectivity index (χ0v) is 22.0. The summed E-state index contributed by atoms with van der Waals surface area (Å²) in [6.07, 6.45) is 6.32. The molecule has 0 spiro atoms. The lowest BCUT2D eigenvalue weighted by Gasteiger charge is -2.27. The quantitative estimate of drug-likeness (QED) is 0.329. The third-order valence-corrected chi connectivity index (χ3v) is 7.15. The highest BCUT2D eigenvalue weighted by Gasteiger charge is 2.45. The van der Waals surface area contributed by atoms with Crippen LogP contribution < -0.4 is 15.4 Å². The van der Waals surface area contributed by atoms with E-state index in [1.165, 1.54) is 12.7 Å². The van der Waals surface area contributed by atoms with Crippen molar-refractivity contribution < 1.29 is 18.4 Å². The average Bonchev–Trinajstić information content (AvgIpc) is 3.59. The minimum Gasteiger partial charge on any atom is -0.464 e. The molecule has 3 aromatic heterocycles. The second-order valence-electron chi connectivity index (χ2n) is 10.1. The Kier molecular flexibility index (Phi) is 6.66. The maximum absolute atomic E-state index is 13.2. The summed E-state index contributed by atoms with van der Waals surface area (Å²) < 4.78 is 12.5. The topological polar surface area (TPSA) is 105 Å². The van der Waals surface area contributed by atoms with Gasteiger partial charge in [0.2, 0.25) is 11.8 Å². The molecule has 1 aliphatic heterocycles. The third-order valence-electron chi connectivity index (χ3n) is 7.15. The van der Waals surface area contributed by atoms with Crippen molar-refractivity contribution in [3.05, 3.63) is 77.1 Å². The van der Waals surface area contributed by atoms with Crippen molar-refractivity contribution in [2.24, 2.45) is 5.41 Å². The number of carbonyl (C=O) groups is 2. The van der Waals surface area contributed by atoms with Crippen molar-refractivity contribution in [2.45, 2.75) is 40.4 Å². The molecule has 4 aromatic rings. The monoisotopic (exact) mass is 517 g/mol. The van der Waals surface area contributed by atoms with Crippen LogP contribution in [0.4, 0.5) is 11.4 Å². The van der Waals surface area contributed by atoms with Gasteiger partial charge < -0.3 is 23.2 Å². The van der Waals surface area contributed by atoms with Crippen molar-refractivity contribution in [1.82, 2.24) is 14.5 Å². The Labute approximate surface area is 220 Å². The van der Waals surface area contributed by atoms with Crippen LogP contribution in [0.1, 0.15) is 32.1 Å². The van der Waals surface area contributed by atoms with Crippen LogP contribution in [-0.4, -0.2) is 46.4 Å². The number of rotatable bonds is 8. The molecule has 198 valence electrons. The van der Waals surface area contributed by atoms with E-state index in [9.17, 15) is 14.4 Å². The first-order valence-electron chi connectivity index (χ1n) is 12.6. The number of amides is 2. The van der Waals surface area contributed by atoms with E-state index in [0.29, 0.717) is 60.8 Å². The molecule has 0 aliphatic carbocycles. The molecule has 0 fully saturated rings. The highest BCUT2D eigenvalue weighted by atomic mass is 16.3. The van der Waals surface area contributed by atoms with E-state index in [2.05, 4.69) is 9.88 Å². The molecule has 0 saturated heterocycles. The van der Waals surface area contributed by atoms with Crippen molar-refractivity contribution >= 4 is 34.2 Å². The number of fused-ring (bicyclic) bond motifs is 2. The van der Waals surface area contributed by atoms with Gasteiger partial charge in [-0.2, -0.15) is 0 Å². The molecular formula is C28H31N5O5. The highest BCUT2D eigenvalue weighted by molar-refractivity contribution is 6.19. The number of furan rings is 1. The van der Waals surface area contributed by atoms with E-state index in [0.717, 1.165) is 5.56 Å². The number of nitrogens with zero attached hydrogens (tertiary/aromatic N) is 5. The SMILES string of the molecule is CCN1C(=O)C(C)(C)C(=O)N(C)c2cc(CN(CCn3ccc4occc4c3=O)Cc3cnco3)ccc21. The van der Waals surface area contributed by atoms with Crippen LogP contribution in [0.5, 0.6) is 0 Å². The molecule has 10 heteroatoms. The molecule has 0 radical (unpaired) electrons. The number of hydrogen-bond acceptors (Lipinski definition) is 7. The van der Waals surface area contributed by atoms with Gasteiger partial charge in [-0.1, -0.05) is 6.07 Å². The van der Waals surface area contributed by atoms with Crippen molar-refractivity contribution in [2.75, 3.05) is 29.9 Å². The molecule has 5 rings (SSSR count). The first kappa shape index (κ1) is 25.5. The summed E-state index contributed by atoms with van der Waals surface area (Å²) in [7, 11) is 1.71. The lowest BCUT2D eigenvalue weighted by molar-refractivity contribution is -0.137. The fraction of sp³-hybridized carbons (Fsp3) is 0.357. The summed E-state index contributed by atoms with van der Waals surface area (Å²) in [5, 5.41) is 0.547. The molecule has 10 nitrogen and oxygen atoms in total. The minimum absolute atomic E-state index is 0.104. The molecule has 0 bridgehead atoms. The molecule has 0 N–H and O–H groups in total. The second kappa shape index (κ2) is 9.94. The number of carbonyl (C=O) groups excluding carboxylic acids is 2. The van der Waals surface area contributed by atoms with E-state index < -0.39 is 5.41 Å². The summed E-state index contributed by atoms with van der Waals surface area (Å²) in [4.78, 5) is 48.7. The van der Waals surface area contributed by atoms with Gasteiger partial charge in [0.05, 0.1) is 35.8 Å². The van der Waals surface area contributed by atoms with E-state index in [1.54, 1.807) is 59.8 Å². The minimum atomic E-state index is -1.16. The smallest absolute Gasteiger partial charge is 0.261 e. The number of pyridine rings is 1. The van der Waals surface area contributed by atoms with Gasteiger partial charge >= 0.3 is 0 Å². The molecule has 38 heavy (non-hydrogen) atoms. The zero-order valence-electron chi connectivity index (χ0n) is 22.0. The number of benzene rings is 1. The van der Waals surface area contributed by atoms with Gasteiger partial charge in [0.25, 0.3) is 5.56 Å². The molecule has 1 aromatic carbocycles. The zero-order chi connectivity index (χ0) is 27.0. The fourth-order valence-corrected chi connectivity index (χ4v) is 4.99. The van der Waals surface area contributed by atoms with Crippen LogP contribution in [-0.2, 0) is 29.2 Å². The van der Waals surface area contributed by atoms with Crippen LogP contribution >= 0.6 is 0 Å². The van der Waals surface area contributed by atoms with Crippen LogP contribution in [0, 0.1) is 5.41 Å². The maximum atomic E-state index is 13.2. The number of hydrogen-bond donors (Lipinski definition) is 0. The Balaban J connectivity index is 1.43. The predicted octanol–water partition coefficient (Wildman–Crippen LogP) is 3.64. The van der Waals surface area contributed by atoms with Crippen molar-refractivity contribution in [1.29, 1.82) is 0 Å². The van der Waals surface area contributed by atoms with Crippen LogP contribution in [0.25, 0.3) is 11.0 Å². The average molecular weight is 518 g/mol. The third kappa shape index (κ3) is 4.51.